The van der Waals surface area contributed by atoms with E-state index in [0.717, 1.165) is 44.6 Å². The van der Waals surface area contributed by atoms with Crippen molar-refractivity contribution in [2.45, 2.75) is 52.2 Å². The molecule has 2 rings (SSSR count). The van der Waals surface area contributed by atoms with Gasteiger partial charge in [0.05, 0.1) is 19.3 Å². The molecule has 0 bridgehead atoms. The number of aryl methyl sites for hydroxylation is 1. The molecular formula is C16H29N5O. The minimum absolute atomic E-state index is 0.0958. The van der Waals surface area contributed by atoms with Crippen molar-refractivity contribution >= 4 is 5.91 Å². The van der Waals surface area contributed by atoms with Gasteiger partial charge in [-0.2, -0.15) is 5.10 Å². The molecule has 2 heterocycles. The topological polar surface area (TPSA) is 62.2 Å². The van der Waals surface area contributed by atoms with Crippen LogP contribution >= 0.6 is 0 Å². The lowest BCUT2D eigenvalue weighted by Gasteiger charge is -2.31. The third-order valence-electron chi connectivity index (χ3n) is 4.23. The van der Waals surface area contributed by atoms with E-state index in [4.69, 9.17) is 0 Å². The number of carbonyl (C=O) groups excluding carboxylic acids is 1. The quantitative estimate of drug-likeness (QED) is 0.781. The van der Waals surface area contributed by atoms with E-state index in [1.54, 1.807) is 0 Å². The molecule has 0 aromatic carbocycles. The molecule has 6 nitrogen and oxygen atoms in total. The van der Waals surface area contributed by atoms with Crippen LogP contribution in [0.25, 0.3) is 0 Å². The molecule has 124 valence electrons. The molecule has 1 fully saturated rings. The van der Waals surface area contributed by atoms with E-state index in [-0.39, 0.29) is 11.9 Å². The summed E-state index contributed by atoms with van der Waals surface area (Å²) in [6, 6.07) is 0.549. The number of hydrogen-bond acceptors (Lipinski definition) is 4. The van der Waals surface area contributed by atoms with Gasteiger partial charge in [0.15, 0.2) is 0 Å². The van der Waals surface area contributed by atoms with E-state index in [9.17, 15) is 4.79 Å². The Morgan fingerprint density at radius 2 is 2.18 bits per heavy atom. The van der Waals surface area contributed by atoms with Gasteiger partial charge in [-0.1, -0.05) is 6.92 Å². The van der Waals surface area contributed by atoms with E-state index in [2.05, 4.69) is 34.5 Å². The Hall–Kier alpha value is -1.40. The highest BCUT2D eigenvalue weighted by atomic mass is 16.2. The van der Waals surface area contributed by atoms with Crippen molar-refractivity contribution in [1.82, 2.24) is 25.3 Å². The van der Waals surface area contributed by atoms with Gasteiger partial charge in [-0.25, -0.2) is 0 Å². The lowest BCUT2D eigenvalue weighted by atomic mass is 10.1. The number of amides is 1. The number of likely N-dealkylation sites (tertiary alicyclic amines) is 1. The minimum Gasteiger partial charge on any atom is -0.352 e. The number of nitrogens with zero attached hydrogens (tertiary/aromatic N) is 3. The molecule has 1 aromatic rings. The monoisotopic (exact) mass is 307 g/mol. The van der Waals surface area contributed by atoms with Gasteiger partial charge in [0.1, 0.15) is 0 Å². The number of nitrogens with one attached hydrogen (secondary N) is 2. The van der Waals surface area contributed by atoms with Crippen LogP contribution in [0.1, 0.15) is 32.3 Å². The second-order valence-corrected chi connectivity index (χ2v) is 6.30. The Balaban J connectivity index is 1.63. The van der Waals surface area contributed by atoms with E-state index in [1.807, 2.05) is 24.0 Å². The summed E-state index contributed by atoms with van der Waals surface area (Å²) in [5.41, 5.74) is 1.16. The molecule has 0 aliphatic carbocycles. The molecule has 6 heteroatoms. The fourth-order valence-corrected chi connectivity index (χ4v) is 2.85. The molecule has 0 spiro atoms. The number of rotatable bonds is 7. The first-order valence-electron chi connectivity index (χ1n) is 8.31. The second-order valence-electron chi connectivity index (χ2n) is 6.30. The SMILES string of the molecule is CCN1CCC(NC(=O)CNC(C)Cn2cc(C)cn2)CC1. The molecule has 1 atom stereocenters. The summed E-state index contributed by atoms with van der Waals surface area (Å²) in [5.74, 6) is 0.0958. The van der Waals surface area contributed by atoms with E-state index in [0.29, 0.717) is 12.6 Å². The van der Waals surface area contributed by atoms with Crippen molar-refractivity contribution in [3.05, 3.63) is 18.0 Å². The van der Waals surface area contributed by atoms with Crippen molar-refractivity contribution in [2.24, 2.45) is 0 Å². The van der Waals surface area contributed by atoms with Crippen LogP contribution in [0, 0.1) is 6.92 Å². The van der Waals surface area contributed by atoms with Gasteiger partial charge < -0.3 is 15.5 Å². The molecule has 1 aromatic heterocycles. The molecule has 2 N–H and O–H groups in total. The maximum absolute atomic E-state index is 12.0. The van der Waals surface area contributed by atoms with Gasteiger partial charge in [-0.15, -0.1) is 0 Å². The maximum atomic E-state index is 12.0. The molecule has 1 aliphatic rings. The van der Waals surface area contributed by atoms with Crippen molar-refractivity contribution in [1.29, 1.82) is 0 Å². The predicted molar refractivity (Wildman–Crippen MR) is 87.7 cm³/mol. The normalized spacial score (nSPS) is 18.3. The van der Waals surface area contributed by atoms with Crippen molar-refractivity contribution < 1.29 is 4.79 Å². The largest absolute Gasteiger partial charge is 0.352 e. The zero-order valence-electron chi connectivity index (χ0n) is 14.0. The first-order chi connectivity index (χ1) is 10.6. The molecule has 1 amide bonds. The van der Waals surface area contributed by atoms with Crippen molar-refractivity contribution in [3.8, 4) is 0 Å². The summed E-state index contributed by atoms with van der Waals surface area (Å²) in [5, 5.41) is 10.7. The van der Waals surface area contributed by atoms with Crippen LogP contribution in [0.15, 0.2) is 12.4 Å². The standard InChI is InChI=1S/C16H29N5O/c1-4-20-7-5-15(6-8-20)19-16(22)10-17-14(3)12-21-11-13(2)9-18-21/h9,11,14-15,17H,4-8,10,12H2,1-3H3,(H,19,22). The summed E-state index contributed by atoms with van der Waals surface area (Å²) in [4.78, 5) is 14.4. The van der Waals surface area contributed by atoms with Gasteiger partial charge >= 0.3 is 0 Å². The molecule has 0 radical (unpaired) electrons. The number of aromatic nitrogens is 2. The highest BCUT2D eigenvalue weighted by Crippen LogP contribution is 2.09. The lowest BCUT2D eigenvalue weighted by Crippen LogP contribution is -2.47. The van der Waals surface area contributed by atoms with Gasteiger partial charge in [-0.3, -0.25) is 9.48 Å². The minimum atomic E-state index is 0.0958. The van der Waals surface area contributed by atoms with Crippen LogP contribution in [0.2, 0.25) is 0 Å². The molecule has 22 heavy (non-hydrogen) atoms. The number of piperidine rings is 1. The summed E-state index contributed by atoms with van der Waals surface area (Å²) in [6.45, 7) is 10.7. The Kier molecular flexibility index (Phi) is 6.39. The van der Waals surface area contributed by atoms with Gasteiger partial charge in [0.2, 0.25) is 5.91 Å². The first-order valence-corrected chi connectivity index (χ1v) is 8.31. The fourth-order valence-electron chi connectivity index (χ4n) is 2.85. The first kappa shape index (κ1) is 17.0. The Morgan fingerprint density at radius 1 is 1.45 bits per heavy atom. The predicted octanol–water partition coefficient (Wildman–Crippen LogP) is 0.770. The molecular weight excluding hydrogens is 278 g/mol. The van der Waals surface area contributed by atoms with Gasteiger partial charge in [0.25, 0.3) is 0 Å². The van der Waals surface area contributed by atoms with Crippen LogP contribution in [-0.4, -0.2) is 58.9 Å². The summed E-state index contributed by atoms with van der Waals surface area (Å²) < 4.78 is 1.91. The van der Waals surface area contributed by atoms with Crippen LogP contribution < -0.4 is 10.6 Å². The average molecular weight is 307 g/mol. The highest BCUT2D eigenvalue weighted by molar-refractivity contribution is 5.78. The van der Waals surface area contributed by atoms with Crippen molar-refractivity contribution in [3.63, 3.8) is 0 Å². The smallest absolute Gasteiger partial charge is 0.234 e. The molecule has 0 saturated carbocycles. The third kappa shape index (κ3) is 5.42. The average Bonchev–Trinajstić information content (AvgIpc) is 2.91. The van der Waals surface area contributed by atoms with E-state index >= 15 is 0 Å². The Morgan fingerprint density at radius 3 is 2.77 bits per heavy atom. The number of carbonyl (C=O) groups is 1. The van der Waals surface area contributed by atoms with Crippen molar-refractivity contribution in [2.75, 3.05) is 26.2 Å². The van der Waals surface area contributed by atoms with E-state index in [1.165, 1.54) is 0 Å². The molecule has 1 saturated heterocycles. The van der Waals surface area contributed by atoms with Crippen LogP contribution in [0.5, 0.6) is 0 Å². The zero-order chi connectivity index (χ0) is 15.9. The molecule has 1 aliphatic heterocycles. The summed E-state index contributed by atoms with van der Waals surface area (Å²) in [7, 11) is 0. The van der Waals surface area contributed by atoms with Gasteiger partial charge in [0, 0.05) is 31.4 Å². The Bertz CT molecular complexity index is 465. The second kappa shape index (κ2) is 8.29. The summed E-state index contributed by atoms with van der Waals surface area (Å²) >= 11 is 0. The van der Waals surface area contributed by atoms with Crippen LogP contribution in [0.4, 0.5) is 0 Å². The van der Waals surface area contributed by atoms with Crippen LogP contribution in [-0.2, 0) is 11.3 Å². The maximum Gasteiger partial charge on any atom is 0.234 e. The summed E-state index contributed by atoms with van der Waals surface area (Å²) in [6.07, 6.45) is 5.98. The Labute approximate surface area is 133 Å². The van der Waals surface area contributed by atoms with E-state index < -0.39 is 0 Å². The van der Waals surface area contributed by atoms with Gasteiger partial charge in [-0.05, 0) is 38.8 Å². The fraction of sp³-hybridized carbons (Fsp3) is 0.750. The van der Waals surface area contributed by atoms with Crippen LogP contribution in [0.3, 0.4) is 0 Å². The lowest BCUT2D eigenvalue weighted by molar-refractivity contribution is -0.121. The third-order valence-corrected chi connectivity index (χ3v) is 4.23. The zero-order valence-corrected chi connectivity index (χ0v) is 14.0. The highest BCUT2D eigenvalue weighted by Gasteiger charge is 2.19. The molecule has 1 unspecified atom stereocenters. The number of hydrogen-bond donors (Lipinski definition) is 2.